The van der Waals surface area contributed by atoms with Gasteiger partial charge in [0, 0.05) is 17.1 Å². The van der Waals surface area contributed by atoms with Crippen LogP contribution in [0.3, 0.4) is 0 Å². The summed E-state index contributed by atoms with van der Waals surface area (Å²) in [5.41, 5.74) is 1.48. The highest BCUT2D eigenvalue weighted by molar-refractivity contribution is 14.1. The Labute approximate surface area is 141 Å². The third kappa shape index (κ3) is 3.56. The van der Waals surface area contributed by atoms with Crippen molar-refractivity contribution in [3.8, 4) is 5.75 Å². The largest absolute Gasteiger partial charge is 0.508 e. The van der Waals surface area contributed by atoms with Gasteiger partial charge in [0.2, 0.25) is 0 Å². The molecule has 114 valence electrons. The fraction of sp³-hybridized carbons (Fsp3) is 0.125. The van der Waals surface area contributed by atoms with E-state index in [-0.39, 0.29) is 11.7 Å². The van der Waals surface area contributed by atoms with Crippen molar-refractivity contribution in [2.24, 2.45) is 0 Å². The Bertz CT molecular complexity index is 799. The van der Waals surface area contributed by atoms with Crippen LogP contribution in [0.5, 0.6) is 5.75 Å². The normalized spacial score (nSPS) is 9.95. The van der Waals surface area contributed by atoms with Gasteiger partial charge in [-0.05, 0) is 46.9 Å². The van der Waals surface area contributed by atoms with Crippen LogP contribution in [0.1, 0.15) is 24.3 Å². The number of anilines is 1. The molecule has 0 unspecified atom stereocenters. The number of benzene rings is 1. The number of hydrogen-bond acceptors (Lipinski definition) is 4. The van der Waals surface area contributed by atoms with Crippen LogP contribution in [0, 0.1) is 3.70 Å². The lowest BCUT2D eigenvalue weighted by molar-refractivity contribution is 0.102. The van der Waals surface area contributed by atoms with Crippen molar-refractivity contribution < 1.29 is 14.3 Å². The number of aromatic nitrogens is 1. The van der Waals surface area contributed by atoms with E-state index in [1.54, 1.807) is 30.5 Å². The zero-order valence-electron chi connectivity index (χ0n) is 12.1. The summed E-state index contributed by atoms with van der Waals surface area (Å²) >= 11 is 2.03. The molecular weight excluding hydrogens is 395 g/mol. The standard InChI is InChI=1S/C14H9IN2O3.C2H6/c15-13-12-8(4-5-20-12)6-11(17-13)14(19)16-9-2-1-3-10(18)7-9;1-2/h1-7,18H,(H,16,19);1-2H3. The molecule has 0 radical (unpaired) electrons. The van der Waals surface area contributed by atoms with Crippen LogP contribution in [0.25, 0.3) is 11.0 Å². The molecule has 5 nitrogen and oxygen atoms in total. The molecule has 0 fully saturated rings. The predicted molar refractivity (Wildman–Crippen MR) is 94.1 cm³/mol. The van der Waals surface area contributed by atoms with Crippen LogP contribution >= 0.6 is 22.6 Å². The van der Waals surface area contributed by atoms with Gasteiger partial charge in [-0.15, -0.1) is 0 Å². The zero-order valence-corrected chi connectivity index (χ0v) is 14.3. The number of aromatic hydroxyl groups is 1. The van der Waals surface area contributed by atoms with Gasteiger partial charge in [0.1, 0.15) is 15.1 Å². The molecule has 0 aliphatic heterocycles. The minimum atomic E-state index is -0.336. The van der Waals surface area contributed by atoms with Gasteiger partial charge in [-0.3, -0.25) is 4.79 Å². The average molecular weight is 410 g/mol. The van der Waals surface area contributed by atoms with E-state index in [4.69, 9.17) is 4.42 Å². The van der Waals surface area contributed by atoms with E-state index in [0.29, 0.717) is 20.7 Å². The summed E-state index contributed by atoms with van der Waals surface area (Å²) in [6.45, 7) is 4.00. The molecule has 0 saturated carbocycles. The van der Waals surface area contributed by atoms with Gasteiger partial charge in [-0.2, -0.15) is 0 Å². The second kappa shape index (κ2) is 7.26. The van der Waals surface area contributed by atoms with Crippen LogP contribution in [-0.2, 0) is 0 Å². The number of halogens is 1. The molecule has 2 heterocycles. The fourth-order valence-corrected chi connectivity index (χ4v) is 2.53. The van der Waals surface area contributed by atoms with Gasteiger partial charge in [0.25, 0.3) is 5.91 Å². The van der Waals surface area contributed by atoms with Crippen molar-refractivity contribution in [3.63, 3.8) is 0 Å². The maximum absolute atomic E-state index is 12.2. The number of carbonyl (C=O) groups is 1. The lowest BCUT2D eigenvalue weighted by Gasteiger charge is -2.05. The lowest BCUT2D eigenvalue weighted by atomic mass is 10.2. The Balaban J connectivity index is 0.000000847. The highest BCUT2D eigenvalue weighted by Crippen LogP contribution is 2.22. The molecule has 0 spiro atoms. The van der Waals surface area contributed by atoms with Gasteiger partial charge >= 0.3 is 0 Å². The lowest BCUT2D eigenvalue weighted by Crippen LogP contribution is -2.14. The number of phenolic OH excluding ortho intramolecular Hbond substituents is 1. The van der Waals surface area contributed by atoms with Crippen LogP contribution in [-0.4, -0.2) is 16.0 Å². The van der Waals surface area contributed by atoms with Crippen molar-refractivity contribution in [2.45, 2.75) is 13.8 Å². The third-order valence-corrected chi connectivity index (χ3v) is 3.46. The van der Waals surface area contributed by atoms with Crippen molar-refractivity contribution in [3.05, 3.63) is 52.1 Å². The Morgan fingerprint density at radius 2 is 2.05 bits per heavy atom. The second-order valence-electron chi connectivity index (χ2n) is 4.14. The number of phenols is 1. The summed E-state index contributed by atoms with van der Waals surface area (Å²) in [5.74, 6) is -0.243. The number of hydrogen-bond donors (Lipinski definition) is 2. The maximum Gasteiger partial charge on any atom is 0.274 e. The molecule has 2 N–H and O–H groups in total. The van der Waals surface area contributed by atoms with Crippen molar-refractivity contribution in [2.75, 3.05) is 5.32 Å². The van der Waals surface area contributed by atoms with Crippen molar-refractivity contribution >= 4 is 45.2 Å². The zero-order chi connectivity index (χ0) is 16.1. The van der Waals surface area contributed by atoms with Crippen LogP contribution in [0.4, 0.5) is 5.69 Å². The number of pyridine rings is 1. The molecule has 1 amide bonds. The Morgan fingerprint density at radius 3 is 2.77 bits per heavy atom. The van der Waals surface area contributed by atoms with E-state index in [1.807, 2.05) is 36.4 Å². The molecule has 0 atom stereocenters. The van der Waals surface area contributed by atoms with Gasteiger partial charge in [-0.1, -0.05) is 19.9 Å². The molecule has 1 aromatic carbocycles. The Kier molecular flexibility index (Phi) is 5.37. The number of carbonyl (C=O) groups excluding carboxylic acids is 1. The molecule has 0 saturated heterocycles. The first-order valence-corrected chi connectivity index (χ1v) is 7.85. The SMILES string of the molecule is CC.O=C(Nc1cccc(O)c1)c1cc2ccoc2c(I)n1. The van der Waals surface area contributed by atoms with E-state index in [9.17, 15) is 9.90 Å². The monoisotopic (exact) mass is 410 g/mol. The summed E-state index contributed by atoms with van der Waals surface area (Å²) in [6, 6.07) is 9.80. The Morgan fingerprint density at radius 1 is 1.27 bits per heavy atom. The first kappa shape index (κ1) is 16.3. The van der Waals surface area contributed by atoms with Crippen molar-refractivity contribution in [1.29, 1.82) is 0 Å². The molecule has 0 bridgehead atoms. The molecule has 3 aromatic rings. The number of furan rings is 1. The van der Waals surface area contributed by atoms with Gasteiger partial charge < -0.3 is 14.8 Å². The first-order chi connectivity index (χ1) is 10.6. The molecule has 0 aliphatic carbocycles. The maximum atomic E-state index is 12.2. The summed E-state index contributed by atoms with van der Waals surface area (Å²) < 4.78 is 5.91. The summed E-state index contributed by atoms with van der Waals surface area (Å²) in [7, 11) is 0. The minimum absolute atomic E-state index is 0.0932. The van der Waals surface area contributed by atoms with Crippen LogP contribution in [0.2, 0.25) is 0 Å². The quantitative estimate of drug-likeness (QED) is 0.485. The van der Waals surface area contributed by atoms with E-state index in [1.165, 1.54) is 12.1 Å². The Hall–Kier alpha value is -2.09. The molecular formula is C16H15IN2O3. The molecule has 6 heteroatoms. The molecule has 2 aromatic heterocycles. The third-order valence-electron chi connectivity index (χ3n) is 2.73. The number of amides is 1. The van der Waals surface area contributed by atoms with Gasteiger partial charge in [0.05, 0.1) is 6.26 Å². The van der Waals surface area contributed by atoms with E-state index in [0.717, 1.165) is 5.39 Å². The van der Waals surface area contributed by atoms with Crippen LogP contribution in [0.15, 0.2) is 47.1 Å². The predicted octanol–water partition coefficient (Wildman–Crippen LogP) is 4.42. The topological polar surface area (TPSA) is 75.4 Å². The summed E-state index contributed by atoms with van der Waals surface area (Å²) in [6.07, 6.45) is 1.56. The average Bonchev–Trinajstić information content (AvgIpc) is 2.98. The smallest absolute Gasteiger partial charge is 0.274 e. The minimum Gasteiger partial charge on any atom is -0.508 e. The molecule has 3 rings (SSSR count). The fourth-order valence-electron chi connectivity index (χ4n) is 1.83. The van der Waals surface area contributed by atoms with Crippen LogP contribution < -0.4 is 5.32 Å². The first-order valence-electron chi connectivity index (χ1n) is 6.77. The van der Waals surface area contributed by atoms with Gasteiger partial charge in [0.15, 0.2) is 5.58 Å². The number of nitrogens with one attached hydrogen (secondary N) is 1. The van der Waals surface area contributed by atoms with E-state index in [2.05, 4.69) is 10.3 Å². The van der Waals surface area contributed by atoms with E-state index >= 15 is 0 Å². The number of rotatable bonds is 2. The number of fused-ring (bicyclic) bond motifs is 1. The summed E-state index contributed by atoms with van der Waals surface area (Å²) in [5, 5.41) is 12.9. The van der Waals surface area contributed by atoms with E-state index < -0.39 is 0 Å². The van der Waals surface area contributed by atoms with Crippen molar-refractivity contribution in [1.82, 2.24) is 4.98 Å². The number of nitrogens with zero attached hydrogens (tertiary/aromatic N) is 1. The highest BCUT2D eigenvalue weighted by atomic mass is 127. The molecule has 0 aliphatic rings. The second-order valence-corrected chi connectivity index (χ2v) is 5.16. The molecule has 22 heavy (non-hydrogen) atoms. The highest BCUT2D eigenvalue weighted by Gasteiger charge is 2.13. The van der Waals surface area contributed by atoms with Gasteiger partial charge in [-0.25, -0.2) is 4.98 Å². The summed E-state index contributed by atoms with van der Waals surface area (Å²) in [4.78, 5) is 16.4.